The highest BCUT2D eigenvalue weighted by atomic mass is 35.5. The van der Waals surface area contributed by atoms with E-state index in [1.54, 1.807) is 4.57 Å². The molecule has 0 saturated carbocycles. The van der Waals surface area contributed by atoms with Gasteiger partial charge in [-0.2, -0.15) is 0 Å². The number of piperazine rings is 1. The highest BCUT2D eigenvalue weighted by Crippen LogP contribution is 2.32. The Kier molecular flexibility index (Phi) is 10.3. The molecule has 49 heavy (non-hydrogen) atoms. The Balaban J connectivity index is 1.04. The molecule has 252 valence electrons. The van der Waals surface area contributed by atoms with Gasteiger partial charge in [-0.05, 0) is 42.5 Å². The summed E-state index contributed by atoms with van der Waals surface area (Å²) in [7, 11) is 0. The number of amides is 1. The van der Waals surface area contributed by atoms with E-state index in [0.29, 0.717) is 57.9 Å². The monoisotopic (exact) mass is 677 g/mol. The predicted molar refractivity (Wildman–Crippen MR) is 191 cm³/mol. The van der Waals surface area contributed by atoms with Crippen molar-refractivity contribution >= 4 is 17.5 Å². The lowest BCUT2D eigenvalue weighted by Gasteiger charge is -2.45. The maximum Gasteiger partial charge on any atom is 0.419 e. The maximum atomic E-state index is 14.0. The molecule has 0 aliphatic carbocycles. The molecule has 8 nitrogen and oxygen atoms in total. The van der Waals surface area contributed by atoms with Crippen LogP contribution in [0.1, 0.15) is 24.0 Å². The van der Waals surface area contributed by atoms with Gasteiger partial charge in [-0.1, -0.05) is 103 Å². The van der Waals surface area contributed by atoms with Crippen molar-refractivity contribution in [3.63, 3.8) is 0 Å². The zero-order valence-corrected chi connectivity index (χ0v) is 28.0. The number of rotatable bonds is 11. The Morgan fingerprint density at radius 1 is 0.796 bits per heavy atom. The molecule has 2 bridgehead atoms. The Labute approximate surface area is 291 Å². The summed E-state index contributed by atoms with van der Waals surface area (Å²) in [5, 5.41) is 3.25. The lowest BCUT2D eigenvalue weighted by molar-refractivity contribution is -0.143. The number of aromatic nitrogens is 1. The second-order valence-corrected chi connectivity index (χ2v) is 13.3. The molecule has 0 unspecified atom stereocenters. The van der Waals surface area contributed by atoms with Crippen molar-refractivity contribution in [2.24, 2.45) is 0 Å². The smallest absolute Gasteiger partial charge is 0.419 e. The number of halogens is 1. The third-order valence-electron chi connectivity index (χ3n) is 9.35. The Morgan fingerprint density at radius 3 is 2.18 bits per heavy atom. The van der Waals surface area contributed by atoms with E-state index in [9.17, 15) is 9.59 Å². The van der Waals surface area contributed by atoms with Gasteiger partial charge in [0, 0.05) is 30.3 Å². The first-order chi connectivity index (χ1) is 24.0. The molecular weight excluding hydrogens is 638 g/mol. The number of hydrogen-bond acceptors (Lipinski definition) is 6. The second kappa shape index (κ2) is 15.3. The summed E-state index contributed by atoms with van der Waals surface area (Å²) >= 11 is 6.77. The lowest BCUT2D eigenvalue weighted by Crippen LogP contribution is -2.67. The van der Waals surface area contributed by atoms with E-state index in [-0.39, 0.29) is 23.4 Å². The van der Waals surface area contributed by atoms with Crippen LogP contribution in [0.5, 0.6) is 5.75 Å². The van der Waals surface area contributed by atoms with Gasteiger partial charge in [0.15, 0.2) is 5.76 Å². The molecule has 4 atom stereocenters. The first kappa shape index (κ1) is 32.9. The van der Waals surface area contributed by atoms with Crippen LogP contribution in [0.2, 0.25) is 0 Å². The minimum atomic E-state index is -0.425. The van der Waals surface area contributed by atoms with Crippen molar-refractivity contribution in [3.05, 3.63) is 137 Å². The Hall–Kier alpha value is -4.63. The zero-order valence-electron chi connectivity index (χ0n) is 27.2. The molecule has 2 saturated heterocycles. The fourth-order valence-corrected chi connectivity index (χ4v) is 7.04. The lowest BCUT2D eigenvalue weighted by atomic mass is 9.96. The van der Waals surface area contributed by atoms with Crippen molar-refractivity contribution in [1.29, 1.82) is 0 Å². The number of carbonyl (C=O) groups excluding carboxylic acids is 1. The third-order valence-corrected chi connectivity index (χ3v) is 9.78. The molecule has 0 radical (unpaired) electrons. The Bertz CT molecular complexity index is 1880. The average Bonchev–Trinajstić information content (AvgIpc) is 3.47. The third kappa shape index (κ3) is 7.67. The number of hydrogen-bond donors (Lipinski definition) is 1. The van der Waals surface area contributed by atoms with Crippen LogP contribution in [0.15, 0.2) is 124 Å². The summed E-state index contributed by atoms with van der Waals surface area (Å²) < 4.78 is 19.5. The van der Waals surface area contributed by atoms with E-state index in [1.807, 2.05) is 108 Å². The summed E-state index contributed by atoms with van der Waals surface area (Å²) in [4.78, 5) is 29.2. The summed E-state index contributed by atoms with van der Waals surface area (Å²) in [6, 6.07) is 37.0. The number of nitrogens with zero attached hydrogens (tertiary/aromatic N) is 2. The van der Waals surface area contributed by atoms with Crippen molar-refractivity contribution < 1.29 is 18.7 Å². The molecule has 4 aromatic carbocycles. The summed E-state index contributed by atoms with van der Waals surface area (Å²) in [5.74, 6) is 0.962. The fraction of sp³-hybridized carbons (Fsp3) is 0.300. The number of carbonyl (C=O) groups is 1. The summed E-state index contributed by atoms with van der Waals surface area (Å²) in [5.41, 5.74) is 4.69. The normalized spacial score (nSPS) is 20.8. The number of ether oxygens (including phenoxy) is 2. The second-order valence-electron chi connectivity index (χ2n) is 12.7. The van der Waals surface area contributed by atoms with Gasteiger partial charge in [0.1, 0.15) is 12.4 Å². The molecule has 2 fully saturated rings. The number of benzene rings is 4. The topological polar surface area (TPSA) is 85.9 Å². The van der Waals surface area contributed by atoms with Gasteiger partial charge in [0.25, 0.3) is 0 Å². The first-order valence-corrected chi connectivity index (χ1v) is 17.4. The number of alkyl halides is 1. The fourth-order valence-electron chi connectivity index (χ4n) is 6.80. The van der Waals surface area contributed by atoms with Crippen molar-refractivity contribution in [2.45, 2.75) is 55.9 Å². The number of fused-ring (bicyclic) bond motifs is 2. The van der Waals surface area contributed by atoms with Gasteiger partial charge < -0.3 is 18.8 Å². The molecular formula is C40H40ClN3O5. The highest BCUT2D eigenvalue weighted by Gasteiger charge is 2.41. The largest absolute Gasteiger partial charge is 0.489 e. The van der Waals surface area contributed by atoms with E-state index in [1.165, 1.54) is 0 Å². The van der Waals surface area contributed by atoms with Crippen LogP contribution in [0.25, 0.3) is 22.6 Å². The first-order valence-electron chi connectivity index (χ1n) is 16.9. The minimum absolute atomic E-state index is 0.0335. The van der Waals surface area contributed by atoms with Gasteiger partial charge in [0.05, 0.1) is 36.4 Å². The van der Waals surface area contributed by atoms with Gasteiger partial charge in [-0.3, -0.25) is 14.7 Å². The van der Waals surface area contributed by atoms with E-state index in [4.69, 9.17) is 25.5 Å². The number of oxazole rings is 1. The quantitative estimate of drug-likeness (QED) is 0.160. The van der Waals surface area contributed by atoms with Crippen molar-refractivity contribution in [3.8, 4) is 28.3 Å². The molecule has 2 aliphatic rings. The van der Waals surface area contributed by atoms with Gasteiger partial charge >= 0.3 is 5.76 Å². The Morgan fingerprint density at radius 2 is 1.47 bits per heavy atom. The predicted octanol–water partition coefficient (Wildman–Crippen LogP) is 6.55. The molecule has 5 aromatic rings. The molecule has 0 spiro atoms. The van der Waals surface area contributed by atoms with Gasteiger partial charge in [-0.15, -0.1) is 11.6 Å². The standard InChI is InChI=1S/C40H40ClN3O5/c41-34-27-47-26-32(23-28-18-20-33(21-19-28)48-25-29-11-4-1-5-12-29)44-24-36(34)42-35(39(44)45)17-10-22-43-37(30-13-6-2-7-14-30)38(49-40(43)46)31-15-8-3-9-16-31/h1-9,11-16,18-21,32,34-36,42H,10,17,22-27H2/t32-,34-,35+,36-/m0/s1. The maximum absolute atomic E-state index is 14.0. The molecule has 3 heterocycles. The van der Waals surface area contributed by atoms with Crippen LogP contribution in [0.4, 0.5) is 0 Å². The summed E-state index contributed by atoms with van der Waals surface area (Å²) in [6.07, 6.45) is 1.79. The highest BCUT2D eigenvalue weighted by molar-refractivity contribution is 6.21. The van der Waals surface area contributed by atoms with Crippen LogP contribution < -0.4 is 15.8 Å². The molecule has 1 N–H and O–H groups in total. The van der Waals surface area contributed by atoms with Gasteiger partial charge in [-0.25, -0.2) is 4.79 Å². The van der Waals surface area contributed by atoms with E-state index >= 15 is 0 Å². The van der Waals surface area contributed by atoms with Crippen LogP contribution in [-0.2, 0) is 29.1 Å². The van der Waals surface area contributed by atoms with E-state index < -0.39 is 11.8 Å². The van der Waals surface area contributed by atoms with E-state index in [0.717, 1.165) is 33.7 Å². The molecule has 1 amide bonds. The average molecular weight is 678 g/mol. The minimum Gasteiger partial charge on any atom is -0.489 e. The molecule has 1 aromatic heterocycles. The molecule has 7 rings (SSSR count). The van der Waals surface area contributed by atoms with Crippen LogP contribution >= 0.6 is 11.6 Å². The molecule has 9 heteroatoms. The van der Waals surface area contributed by atoms with Crippen LogP contribution in [0.3, 0.4) is 0 Å². The van der Waals surface area contributed by atoms with Crippen LogP contribution in [-0.4, -0.2) is 58.6 Å². The van der Waals surface area contributed by atoms with Gasteiger partial charge in [0.2, 0.25) is 5.91 Å². The number of nitrogens with one attached hydrogen (secondary N) is 1. The van der Waals surface area contributed by atoms with E-state index in [2.05, 4.69) is 17.4 Å². The van der Waals surface area contributed by atoms with Crippen LogP contribution in [0, 0.1) is 0 Å². The summed E-state index contributed by atoms with van der Waals surface area (Å²) in [6.45, 7) is 2.25. The zero-order chi connectivity index (χ0) is 33.6. The van der Waals surface area contributed by atoms with Crippen molar-refractivity contribution in [2.75, 3.05) is 19.8 Å². The molecule has 2 aliphatic heterocycles. The van der Waals surface area contributed by atoms with Crippen molar-refractivity contribution in [1.82, 2.24) is 14.8 Å². The SMILES string of the molecule is O=C1[C@@H](CCCn2c(-c3ccccc3)c(-c3ccccc3)oc2=O)N[C@H]2CN1[C@@H](Cc1ccc(OCc3ccccc3)cc1)COC[C@@H]2Cl.